The van der Waals surface area contributed by atoms with E-state index < -0.39 is 17.4 Å². The van der Waals surface area contributed by atoms with Crippen LogP contribution >= 0.6 is 0 Å². The Morgan fingerprint density at radius 2 is 2.00 bits per heavy atom. The SMILES string of the molecule is CC(C)(c1ccccc1)[C@H](C=O)COC(N)=O. The van der Waals surface area contributed by atoms with E-state index in [1.165, 1.54) is 0 Å². The lowest BCUT2D eigenvalue weighted by Gasteiger charge is -2.30. The van der Waals surface area contributed by atoms with Crippen LogP contribution in [-0.4, -0.2) is 19.0 Å². The van der Waals surface area contributed by atoms with Crippen molar-refractivity contribution in [3.8, 4) is 0 Å². The molecule has 0 heterocycles. The van der Waals surface area contributed by atoms with Gasteiger partial charge in [0.1, 0.15) is 12.9 Å². The van der Waals surface area contributed by atoms with Crippen LogP contribution in [0.4, 0.5) is 4.79 Å². The first-order valence-corrected chi connectivity index (χ1v) is 5.41. The lowest BCUT2D eigenvalue weighted by molar-refractivity contribution is -0.114. The van der Waals surface area contributed by atoms with Crippen LogP contribution in [0.15, 0.2) is 30.3 Å². The van der Waals surface area contributed by atoms with Crippen molar-refractivity contribution in [1.82, 2.24) is 0 Å². The van der Waals surface area contributed by atoms with Gasteiger partial charge in [-0.15, -0.1) is 0 Å². The number of hydrogen-bond donors (Lipinski definition) is 1. The van der Waals surface area contributed by atoms with E-state index >= 15 is 0 Å². The molecule has 0 fully saturated rings. The smallest absolute Gasteiger partial charge is 0.404 e. The minimum absolute atomic E-state index is 0.000722. The van der Waals surface area contributed by atoms with Crippen molar-refractivity contribution >= 4 is 12.4 Å². The Morgan fingerprint density at radius 3 is 2.47 bits per heavy atom. The van der Waals surface area contributed by atoms with Crippen molar-refractivity contribution in [2.24, 2.45) is 11.7 Å². The second-order valence-electron chi connectivity index (χ2n) is 4.46. The number of primary amides is 1. The molecular weight excluding hydrogens is 218 g/mol. The maximum Gasteiger partial charge on any atom is 0.404 e. The predicted octanol–water partition coefficient (Wildman–Crippen LogP) is 1.87. The molecule has 1 amide bonds. The second kappa shape index (κ2) is 5.48. The van der Waals surface area contributed by atoms with E-state index in [1.807, 2.05) is 44.2 Å². The summed E-state index contributed by atoms with van der Waals surface area (Å²) in [5.74, 6) is -0.419. The van der Waals surface area contributed by atoms with E-state index in [0.29, 0.717) is 0 Å². The maximum atomic E-state index is 11.1. The number of carbonyl (C=O) groups is 2. The highest BCUT2D eigenvalue weighted by molar-refractivity contribution is 5.65. The Labute approximate surface area is 101 Å². The molecule has 0 aliphatic heterocycles. The van der Waals surface area contributed by atoms with Gasteiger partial charge in [-0.25, -0.2) is 4.79 Å². The minimum atomic E-state index is -0.860. The Balaban J connectivity index is 2.86. The second-order valence-corrected chi connectivity index (χ2v) is 4.46. The highest BCUT2D eigenvalue weighted by Gasteiger charge is 2.31. The third-order valence-electron chi connectivity index (χ3n) is 3.01. The van der Waals surface area contributed by atoms with E-state index in [1.54, 1.807) is 0 Å². The molecule has 4 heteroatoms. The van der Waals surface area contributed by atoms with Crippen LogP contribution in [0.25, 0.3) is 0 Å². The summed E-state index contributed by atoms with van der Waals surface area (Å²) >= 11 is 0. The number of aldehydes is 1. The molecule has 0 unspecified atom stereocenters. The highest BCUT2D eigenvalue weighted by atomic mass is 16.5. The Kier molecular flexibility index (Phi) is 4.26. The van der Waals surface area contributed by atoms with Crippen molar-refractivity contribution in [1.29, 1.82) is 0 Å². The first-order valence-electron chi connectivity index (χ1n) is 5.41. The zero-order valence-corrected chi connectivity index (χ0v) is 10.1. The maximum absolute atomic E-state index is 11.1. The zero-order chi connectivity index (χ0) is 12.9. The number of benzene rings is 1. The molecule has 17 heavy (non-hydrogen) atoms. The van der Waals surface area contributed by atoms with Gasteiger partial charge in [-0.3, -0.25) is 0 Å². The average molecular weight is 235 g/mol. The van der Waals surface area contributed by atoms with Gasteiger partial charge in [0, 0.05) is 5.41 Å². The molecule has 0 saturated heterocycles. The molecule has 2 N–H and O–H groups in total. The molecule has 0 radical (unpaired) electrons. The molecule has 1 aromatic carbocycles. The quantitative estimate of drug-likeness (QED) is 0.792. The van der Waals surface area contributed by atoms with Gasteiger partial charge in [-0.05, 0) is 5.56 Å². The van der Waals surface area contributed by atoms with Crippen molar-refractivity contribution < 1.29 is 14.3 Å². The molecule has 0 bridgehead atoms. The first kappa shape index (κ1) is 13.2. The Hall–Kier alpha value is -1.84. The first-order chi connectivity index (χ1) is 7.98. The van der Waals surface area contributed by atoms with E-state index in [2.05, 4.69) is 0 Å². The number of amides is 1. The molecule has 0 spiro atoms. The molecule has 4 nitrogen and oxygen atoms in total. The van der Waals surface area contributed by atoms with Crippen molar-refractivity contribution in [3.05, 3.63) is 35.9 Å². The van der Waals surface area contributed by atoms with Gasteiger partial charge in [0.05, 0.1) is 5.92 Å². The van der Waals surface area contributed by atoms with Crippen LogP contribution in [0, 0.1) is 5.92 Å². The molecular formula is C13H17NO3. The molecule has 0 aliphatic carbocycles. The summed E-state index contributed by atoms with van der Waals surface area (Å²) in [4.78, 5) is 21.7. The summed E-state index contributed by atoms with van der Waals surface area (Å²) in [6.45, 7) is 3.87. The fourth-order valence-electron chi connectivity index (χ4n) is 1.67. The Morgan fingerprint density at radius 1 is 1.41 bits per heavy atom. The highest BCUT2D eigenvalue weighted by Crippen LogP contribution is 2.30. The van der Waals surface area contributed by atoms with Crippen LogP contribution < -0.4 is 5.73 Å². The number of nitrogens with two attached hydrogens (primary N) is 1. The summed E-state index contributed by atoms with van der Waals surface area (Å²) in [7, 11) is 0. The normalized spacial score (nSPS) is 12.8. The van der Waals surface area contributed by atoms with E-state index in [9.17, 15) is 9.59 Å². The topological polar surface area (TPSA) is 69.4 Å². The zero-order valence-electron chi connectivity index (χ0n) is 10.1. The summed E-state index contributed by atoms with van der Waals surface area (Å²) in [6, 6.07) is 9.62. The largest absolute Gasteiger partial charge is 0.449 e. The summed E-state index contributed by atoms with van der Waals surface area (Å²) in [5.41, 5.74) is 5.51. The fraction of sp³-hybridized carbons (Fsp3) is 0.385. The third-order valence-corrected chi connectivity index (χ3v) is 3.01. The molecule has 1 rings (SSSR count). The summed E-state index contributed by atoms with van der Waals surface area (Å²) in [6.07, 6.45) is -0.0589. The lowest BCUT2D eigenvalue weighted by Crippen LogP contribution is -2.34. The molecule has 92 valence electrons. The van der Waals surface area contributed by atoms with Gasteiger partial charge in [-0.2, -0.15) is 0 Å². The van der Waals surface area contributed by atoms with Gasteiger partial charge in [0.25, 0.3) is 0 Å². The predicted molar refractivity (Wildman–Crippen MR) is 64.6 cm³/mol. The van der Waals surface area contributed by atoms with Crippen molar-refractivity contribution in [3.63, 3.8) is 0 Å². The van der Waals surface area contributed by atoms with Crippen molar-refractivity contribution in [2.75, 3.05) is 6.61 Å². The summed E-state index contributed by atoms with van der Waals surface area (Å²) < 4.78 is 4.71. The monoisotopic (exact) mass is 235 g/mol. The minimum Gasteiger partial charge on any atom is -0.449 e. The van der Waals surface area contributed by atoms with Gasteiger partial charge in [0.15, 0.2) is 0 Å². The van der Waals surface area contributed by atoms with Gasteiger partial charge in [-0.1, -0.05) is 44.2 Å². The summed E-state index contributed by atoms with van der Waals surface area (Å²) in [5, 5.41) is 0. The lowest BCUT2D eigenvalue weighted by atomic mass is 9.74. The molecule has 0 aliphatic rings. The standard InChI is InChI=1S/C13H17NO3/c1-13(2,10-6-4-3-5-7-10)11(8-15)9-17-12(14)16/h3-8,11H,9H2,1-2H3,(H2,14,16)/t11-/m1/s1. The van der Waals surface area contributed by atoms with Crippen LogP contribution in [0.5, 0.6) is 0 Å². The van der Waals surface area contributed by atoms with Crippen LogP contribution in [0.3, 0.4) is 0 Å². The molecule has 0 saturated carbocycles. The van der Waals surface area contributed by atoms with Gasteiger partial charge >= 0.3 is 6.09 Å². The van der Waals surface area contributed by atoms with E-state index in [4.69, 9.17) is 10.5 Å². The van der Waals surface area contributed by atoms with E-state index in [0.717, 1.165) is 11.8 Å². The van der Waals surface area contributed by atoms with Gasteiger partial charge < -0.3 is 15.3 Å². The molecule has 1 aromatic rings. The molecule has 1 atom stereocenters. The van der Waals surface area contributed by atoms with Crippen LogP contribution in [-0.2, 0) is 14.9 Å². The number of rotatable bonds is 5. The fourth-order valence-corrected chi connectivity index (χ4v) is 1.67. The van der Waals surface area contributed by atoms with Crippen LogP contribution in [0.2, 0.25) is 0 Å². The molecule has 0 aromatic heterocycles. The number of ether oxygens (including phenoxy) is 1. The number of hydrogen-bond acceptors (Lipinski definition) is 3. The number of carbonyl (C=O) groups excluding carboxylic acids is 2. The third kappa shape index (κ3) is 3.31. The Bertz CT molecular complexity index is 387. The van der Waals surface area contributed by atoms with Crippen LogP contribution in [0.1, 0.15) is 19.4 Å². The van der Waals surface area contributed by atoms with Gasteiger partial charge in [0.2, 0.25) is 0 Å². The van der Waals surface area contributed by atoms with E-state index in [-0.39, 0.29) is 6.61 Å². The average Bonchev–Trinajstić information content (AvgIpc) is 2.30. The van der Waals surface area contributed by atoms with Crippen molar-refractivity contribution in [2.45, 2.75) is 19.3 Å².